The maximum absolute atomic E-state index is 3.76. The minimum absolute atomic E-state index is 0.672. The lowest BCUT2D eigenvalue weighted by atomic mass is 10.0. The van der Waals surface area contributed by atoms with Crippen LogP contribution in [0.3, 0.4) is 0 Å². The molecule has 1 aromatic rings. The molecule has 2 atom stereocenters. The maximum Gasteiger partial charge on any atom is 0.0230 e. The highest BCUT2D eigenvalue weighted by Gasteiger charge is 2.21. The molecule has 1 aliphatic heterocycles. The molecule has 0 spiro atoms. The highest BCUT2D eigenvalue weighted by atomic mass is 32.2. The Bertz CT molecular complexity index is 392. The van der Waals surface area contributed by atoms with Gasteiger partial charge in [-0.2, -0.15) is 11.8 Å². The van der Waals surface area contributed by atoms with E-state index < -0.39 is 0 Å². The lowest BCUT2D eigenvalue weighted by molar-refractivity contribution is 0.398. The molecule has 1 aliphatic rings. The molecular formula is C16H26N2S. The van der Waals surface area contributed by atoms with E-state index in [2.05, 4.69) is 67.3 Å². The van der Waals surface area contributed by atoms with Gasteiger partial charge in [-0.15, -0.1) is 0 Å². The van der Waals surface area contributed by atoms with Gasteiger partial charge in [0, 0.05) is 24.4 Å². The molecule has 1 N–H and O–H groups in total. The van der Waals surface area contributed by atoms with Crippen molar-refractivity contribution < 1.29 is 0 Å². The predicted octanol–water partition coefficient (Wildman–Crippen LogP) is 3.12. The van der Waals surface area contributed by atoms with Crippen molar-refractivity contribution in [1.82, 2.24) is 10.2 Å². The van der Waals surface area contributed by atoms with Crippen LogP contribution < -0.4 is 5.32 Å². The minimum Gasteiger partial charge on any atom is -0.309 e. The number of hydrogen-bond acceptors (Lipinski definition) is 3. The Hall–Kier alpha value is -0.510. The van der Waals surface area contributed by atoms with E-state index in [-0.39, 0.29) is 0 Å². The molecule has 2 rings (SSSR count). The molecule has 0 aromatic heterocycles. The SMILES string of the molecule is CC1SCCCC1NCc1ccccc1CN(C)C. The second kappa shape index (κ2) is 7.32. The van der Waals surface area contributed by atoms with Gasteiger partial charge in [0.15, 0.2) is 0 Å². The van der Waals surface area contributed by atoms with Gasteiger partial charge in [-0.05, 0) is 43.8 Å². The van der Waals surface area contributed by atoms with Gasteiger partial charge in [-0.1, -0.05) is 31.2 Å². The first-order valence-corrected chi connectivity index (χ1v) is 8.28. The standard InChI is InChI=1S/C16H26N2S/c1-13-16(9-6-10-19-13)17-11-14-7-4-5-8-15(14)12-18(2)3/h4-5,7-8,13,16-17H,6,9-12H2,1-3H3. The van der Waals surface area contributed by atoms with E-state index in [0.29, 0.717) is 6.04 Å². The normalized spacial score (nSPS) is 23.8. The summed E-state index contributed by atoms with van der Waals surface area (Å²) >= 11 is 2.11. The van der Waals surface area contributed by atoms with Crippen LogP contribution in [0.25, 0.3) is 0 Å². The molecule has 1 saturated heterocycles. The number of nitrogens with zero attached hydrogens (tertiary/aromatic N) is 1. The third-order valence-electron chi connectivity index (χ3n) is 3.77. The maximum atomic E-state index is 3.76. The van der Waals surface area contributed by atoms with Gasteiger partial charge in [0.2, 0.25) is 0 Å². The summed E-state index contributed by atoms with van der Waals surface area (Å²) in [6.45, 7) is 4.37. The third kappa shape index (κ3) is 4.51. The largest absolute Gasteiger partial charge is 0.309 e. The molecule has 0 bridgehead atoms. The van der Waals surface area contributed by atoms with Gasteiger partial charge in [0.05, 0.1) is 0 Å². The Labute approximate surface area is 122 Å². The van der Waals surface area contributed by atoms with Gasteiger partial charge in [-0.3, -0.25) is 0 Å². The quantitative estimate of drug-likeness (QED) is 0.891. The van der Waals surface area contributed by atoms with Crippen molar-refractivity contribution in [2.75, 3.05) is 19.8 Å². The van der Waals surface area contributed by atoms with E-state index in [0.717, 1.165) is 18.3 Å². The lowest BCUT2D eigenvalue weighted by Gasteiger charge is -2.29. The molecule has 1 heterocycles. The summed E-state index contributed by atoms with van der Waals surface area (Å²) in [7, 11) is 4.26. The molecule has 106 valence electrons. The van der Waals surface area contributed by atoms with Crippen molar-refractivity contribution in [3.8, 4) is 0 Å². The number of hydrogen-bond donors (Lipinski definition) is 1. The van der Waals surface area contributed by atoms with Crippen molar-refractivity contribution in [3.63, 3.8) is 0 Å². The predicted molar refractivity (Wildman–Crippen MR) is 85.6 cm³/mol. The van der Waals surface area contributed by atoms with Crippen molar-refractivity contribution in [1.29, 1.82) is 0 Å². The minimum atomic E-state index is 0.672. The Morgan fingerprint density at radius 2 is 2.00 bits per heavy atom. The number of benzene rings is 1. The van der Waals surface area contributed by atoms with E-state index in [1.54, 1.807) is 0 Å². The van der Waals surface area contributed by atoms with Crippen LogP contribution in [0.15, 0.2) is 24.3 Å². The first kappa shape index (κ1) is 14.9. The average Bonchev–Trinajstić information content (AvgIpc) is 2.39. The van der Waals surface area contributed by atoms with E-state index in [1.165, 1.54) is 29.7 Å². The van der Waals surface area contributed by atoms with Crippen LogP contribution in [0.1, 0.15) is 30.9 Å². The molecule has 2 unspecified atom stereocenters. The van der Waals surface area contributed by atoms with Crippen LogP contribution in [-0.4, -0.2) is 36.0 Å². The van der Waals surface area contributed by atoms with Crippen molar-refractivity contribution in [3.05, 3.63) is 35.4 Å². The highest BCUT2D eigenvalue weighted by molar-refractivity contribution is 7.99. The highest BCUT2D eigenvalue weighted by Crippen LogP contribution is 2.25. The molecule has 0 amide bonds. The van der Waals surface area contributed by atoms with Crippen LogP contribution in [0.2, 0.25) is 0 Å². The number of nitrogens with one attached hydrogen (secondary N) is 1. The zero-order valence-electron chi connectivity index (χ0n) is 12.4. The smallest absolute Gasteiger partial charge is 0.0230 e. The molecule has 2 nitrogen and oxygen atoms in total. The fourth-order valence-electron chi connectivity index (χ4n) is 2.66. The monoisotopic (exact) mass is 278 g/mol. The van der Waals surface area contributed by atoms with Crippen molar-refractivity contribution >= 4 is 11.8 Å². The van der Waals surface area contributed by atoms with E-state index >= 15 is 0 Å². The molecule has 3 heteroatoms. The van der Waals surface area contributed by atoms with Crippen molar-refractivity contribution in [2.24, 2.45) is 0 Å². The third-order valence-corrected chi connectivity index (χ3v) is 5.15. The van der Waals surface area contributed by atoms with Crippen LogP contribution in [0, 0.1) is 0 Å². The van der Waals surface area contributed by atoms with Crippen LogP contribution in [0.5, 0.6) is 0 Å². The topological polar surface area (TPSA) is 15.3 Å². The van der Waals surface area contributed by atoms with Crippen molar-refractivity contribution in [2.45, 2.75) is 44.1 Å². The Morgan fingerprint density at radius 1 is 1.26 bits per heavy atom. The molecule has 0 aliphatic carbocycles. The summed E-state index contributed by atoms with van der Waals surface area (Å²) in [5, 5.41) is 4.51. The first-order chi connectivity index (χ1) is 9.16. The number of thioether (sulfide) groups is 1. The van der Waals surface area contributed by atoms with Gasteiger partial charge in [0.25, 0.3) is 0 Å². The zero-order chi connectivity index (χ0) is 13.7. The Morgan fingerprint density at radius 3 is 2.68 bits per heavy atom. The summed E-state index contributed by atoms with van der Waals surface area (Å²) < 4.78 is 0. The van der Waals surface area contributed by atoms with E-state index in [9.17, 15) is 0 Å². The van der Waals surface area contributed by atoms with Gasteiger partial charge < -0.3 is 10.2 Å². The summed E-state index contributed by atoms with van der Waals surface area (Å²) in [6, 6.07) is 9.46. The summed E-state index contributed by atoms with van der Waals surface area (Å²) in [5.74, 6) is 1.33. The average molecular weight is 278 g/mol. The fourth-order valence-corrected chi connectivity index (χ4v) is 3.83. The molecule has 19 heavy (non-hydrogen) atoms. The molecule has 0 saturated carbocycles. The summed E-state index contributed by atoms with van der Waals surface area (Å²) in [4.78, 5) is 2.23. The fraction of sp³-hybridized carbons (Fsp3) is 0.625. The lowest BCUT2D eigenvalue weighted by Crippen LogP contribution is -2.39. The number of rotatable bonds is 5. The molecule has 0 radical (unpaired) electrons. The van der Waals surface area contributed by atoms with Crippen LogP contribution in [-0.2, 0) is 13.1 Å². The molecule has 1 fully saturated rings. The van der Waals surface area contributed by atoms with Gasteiger partial charge in [-0.25, -0.2) is 0 Å². The second-order valence-corrected chi connectivity index (χ2v) is 7.20. The summed E-state index contributed by atoms with van der Waals surface area (Å²) in [5.41, 5.74) is 2.88. The second-order valence-electron chi connectivity index (χ2n) is 5.71. The van der Waals surface area contributed by atoms with Gasteiger partial charge in [0.1, 0.15) is 0 Å². The first-order valence-electron chi connectivity index (χ1n) is 7.23. The molecule has 1 aromatic carbocycles. The van der Waals surface area contributed by atoms with Crippen LogP contribution >= 0.6 is 11.8 Å². The Balaban J connectivity index is 1.94. The van der Waals surface area contributed by atoms with Gasteiger partial charge >= 0.3 is 0 Å². The Kier molecular flexibility index (Phi) is 5.74. The zero-order valence-corrected chi connectivity index (χ0v) is 13.2. The van der Waals surface area contributed by atoms with E-state index in [4.69, 9.17) is 0 Å². The van der Waals surface area contributed by atoms with E-state index in [1.807, 2.05) is 0 Å². The molecular weight excluding hydrogens is 252 g/mol. The van der Waals surface area contributed by atoms with Crippen LogP contribution in [0.4, 0.5) is 0 Å². The summed E-state index contributed by atoms with van der Waals surface area (Å²) in [6.07, 6.45) is 2.68.